The van der Waals surface area contributed by atoms with E-state index >= 15 is 0 Å². The molecule has 0 aromatic rings. The molecule has 0 radical (unpaired) electrons. The summed E-state index contributed by atoms with van der Waals surface area (Å²) in [7, 11) is 1.29. The number of carboxylic acids is 1. The van der Waals surface area contributed by atoms with Gasteiger partial charge in [-0.15, -0.1) is 0 Å². The second-order valence-electron chi connectivity index (χ2n) is 2.64. The van der Waals surface area contributed by atoms with E-state index in [4.69, 9.17) is 5.11 Å². The van der Waals surface area contributed by atoms with Gasteiger partial charge in [0.25, 0.3) is 0 Å². The zero-order chi connectivity index (χ0) is 10.3. The number of hydrogen-bond acceptors (Lipinski definition) is 4. The van der Waals surface area contributed by atoms with Crippen LogP contribution in [0.5, 0.6) is 0 Å². The van der Waals surface area contributed by atoms with Gasteiger partial charge in [-0.2, -0.15) is 0 Å². The Bertz CT molecular complexity index is 181. The van der Waals surface area contributed by atoms with Gasteiger partial charge in [-0.1, -0.05) is 13.3 Å². The van der Waals surface area contributed by atoms with Crippen LogP contribution < -0.4 is 5.32 Å². The van der Waals surface area contributed by atoms with Gasteiger partial charge in [0.05, 0.1) is 13.7 Å². The summed E-state index contributed by atoms with van der Waals surface area (Å²) in [4.78, 5) is 21.2. The minimum Gasteiger partial charge on any atom is -0.480 e. The number of methoxy groups -OCH3 is 1. The number of aliphatic carboxylic acids is 1. The van der Waals surface area contributed by atoms with Gasteiger partial charge in [-0.05, 0) is 6.42 Å². The van der Waals surface area contributed by atoms with Crippen LogP contribution in [0, 0.1) is 0 Å². The van der Waals surface area contributed by atoms with E-state index in [-0.39, 0.29) is 6.54 Å². The molecule has 5 heteroatoms. The maximum atomic E-state index is 11.0. The highest BCUT2D eigenvalue weighted by atomic mass is 16.5. The summed E-state index contributed by atoms with van der Waals surface area (Å²) < 4.78 is 4.50. The summed E-state index contributed by atoms with van der Waals surface area (Å²) in [5.74, 6) is -1.40. The van der Waals surface area contributed by atoms with Crippen molar-refractivity contribution in [2.24, 2.45) is 0 Å². The molecule has 0 amide bonds. The Kier molecular flexibility index (Phi) is 5.88. The zero-order valence-corrected chi connectivity index (χ0v) is 7.87. The number of nitrogens with one attached hydrogen (secondary N) is 1. The van der Waals surface area contributed by atoms with Crippen molar-refractivity contribution < 1.29 is 19.4 Å². The lowest BCUT2D eigenvalue weighted by atomic mass is 10.2. The van der Waals surface area contributed by atoms with Crippen molar-refractivity contribution in [1.29, 1.82) is 0 Å². The molecular weight excluding hydrogens is 174 g/mol. The molecule has 0 aromatic carbocycles. The number of hydrogen-bond donors (Lipinski definition) is 2. The van der Waals surface area contributed by atoms with Crippen LogP contribution in [-0.4, -0.2) is 36.7 Å². The van der Waals surface area contributed by atoms with Crippen molar-refractivity contribution in [3.63, 3.8) is 0 Å². The number of carbonyl (C=O) groups is 2. The molecular formula is C8H15NO4. The van der Waals surface area contributed by atoms with E-state index in [9.17, 15) is 9.59 Å². The molecule has 0 heterocycles. The van der Waals surface area contributed by atoms with E-state index in [1.807, 2.05) is 6.92 Å². The first kappa shape index (κ1) is 11.9. The fraction of sp³-hybridized carbons (Fsp3) is 0.750. The van der Waals surface area contributed by atoms with Gasteiger partial charge in [-0.25, -0.2) is 0 Å². The van der Waals surface area contributed by atoms with E-state index < -0.39 is 18.0 Å². The van der Waals surface area contributed by atoms with Crippen LogP contribution in [0.4, 0.5) is 0 Å². The number of esters is 1. The Morgan fingerprint density at radius 3 is 2.54 bits per heavy atom. The third-order valence-corrected chi connectivity index (χ3v) is 1.56. The Hall–Kier alpha value is -1.10. The summed E-state index contributed by atoms with van der Waals surface area (Å²) in [6.45, 7) is 1.69. The van der Waals surface area contributed by atoms with Crippen molar-refractivity contribution in [3.8, 4) is 0 Å². The molecule has 2 N–H and O–H groups in total. The Morgan fingerprint density at radius 1 is 1.54 bits per heavy atom. The second-order valence-corrected chi connectivity index (χ2v) is 2.64. The maximum Gasteiger partial charge on any atom is 0.322 e. The molecule has 0 saturated carbocycles. The van der Waals surface area contributed by atoms with Crippen molar-refractivity contribution >= 4 is 11.9 Å². The molecule has 13 heavy (non-hydrogen) atoms. The summed E-state index contributed by atoms with van der Waals surface area (Å²) in [5, 5.41) is 11.0. The van der Waals surface area contributed by atoms with Crippen molar-refractivity contribution in [3.05, 3.63) is 0 Å². The molecule has 0 aliphatic carbocycles. The standard InChI is InChI=1S/C8H15NO4/c1-3-4-6(8(12)13-2)9-5-7(10)11/h6,9H,3-5H2,1-2H3,(H,10,11)/t6-/m1/s1. The Balaban J connectivity index is 3.93. The van der Waals surface area contributed by atoms with Crippen LogP contribution in [-0.2, 0) is 14.3 Å². The third-order valence-electron chi connectivity index (χ3n) is 1.56. The van der Waals surface area contributed by atoms with Crippen LogP contribution in [0.3, 0.4) is 0 Å². The lowest BCUT2D eigenvalue weighted by molar-refractivity contribution is -0.143. The van der Waals surface area contributed by atoms with Crippen molar-refractivity contribution in [2.75, 3.05) is 13.7 Å². The lowest BCUT2D eigenvalue weighted by Crippen LogP contribution is -2.40. The molecule has 0 aliphatic heterocycles. The van der Waals surface area contributed by atoms with Crippen molar-refractivity contribution in [1.82, 2.24) is 5.32 Å². The largest absolute Gasteiger partial charge is 0.480 e. The van der Waals surface area contributed by atoms with Crippen LogP contribution in [0.1, 0.15) is 19.8 Å². The van der Waals surface area contributed by atoms with Crippen LogP contribution in [0.15, 0.2) is 0 Å². The van der Waals surface area contributed by atoms with Crippen LogP contribution >= 0.6 is 0 Å². The van der Waals surface area contributed by atoms with E-state index in [1.165, 1.54) is 7.11 Å². The Morgan fingerprint density at radius 2 is 2.15 bits per heavy atom. The number of carboxylic acid groups (broad SMARTS) is 1. The Labute approximate surface area is 77.1 Å². The zero-order valence-electron chi connectivity index (χ0n) is 7.87. The predicted octanol–water partition coefficient (Wildman–Crippen LogP) is 0.00230. The van der Waals surface area contributed by atoms with Gasteiger partial charge in [-0.3, -0.25) is 14.9 Å². The second kappa shape index (κ2) is 6.42. The monoisotopic (exact) mass is 189 g/mol. The number of carbonyl (C=O) groups excluding carboxylic acids is 1. The van der Waals surface area contributed by atoms with E-state index in [1.54, 1.807) is 0 Å². The number of rotatable bonds is 6. The highest BCUT2D eigenvalue weighted by molar-refractivity contribution is 5.77. The van der Waals surface area contributed by atoms with Gasteiger partial charge in [0.2, 0.25) is 0 Å². The molecule has 1 atom stereocenters. The topological polar surface area (TPSA) is 75.6 Å². The average Bonchev–Trinajstić information content (AvgIpc) is 2.10. The van der Waals surface area contributed by atoms with E-state index in [0.717, 1.165) is 6.42 Å². The first-order valence-corrected chi connectivity index (χ1v) is 4.14. The maximum absolute atomic E-state index is 11.0. The van der Waals surface area contributed by atoms with Gasteiger partial charge < -0.3 is 9.84 Å². The van der Waals surface area contributed by atoms with Crippen LogP contribution in [0.25, 0.3) is 0 Å². The van der Waals surface area contributed by atoms with Gasteiger partial charge in [0.15, 0.2) is 0 Å². The highest BCUT2D eigenvalue weighted by Crippen LogP contribution is 1.98. The van der Waals surface area contributed by atoms with E-state index in [0.29, 0.717) is 6.42 Å². The normalized spacial score (nSPS) is 12.2. The summed E-state index contributed by atoms with van der Waals surface area (Å²) in [6.07, 6.45) is 1.38. The quantitative estimate of drug-likeness (QED) is 0.575. The lowest BCUT2D eigenvalue weighted by Gasteiger charge is -2.13. The first-order chi connectivity index (χ1) is 6.11. The fourth-order valence-corrected chi connectivity index (χ4v) is 0.945. The third kappa shape index (κ3) is 5.19. The minimum atomic E-state index is -0.981. The molecule has 5 nitrogen and oxygen atoms in total. The molecule has 0 aliphatic rings. The summed E-state index contributed by atoms with van der Waals surface area (Å²) >= 11 is 0. The summed E-state index contributed by atoms with van der Waals surface area (Å²) in [5.41, 5.74) is 0. The molecule has 0 aromatic heterocycles. The van der Waals surface area contributed by atoms with Gasteiger partial charge in [0, 0.05) is 0 Å². The molecule has 0 bridgehead atoms. The highest BCUT2D eigenvalue weighted by Gasteiger charge is 2.17. The average molecular weight is 189 g/mol. The summed E-state index contributed by atoms with van der Waals surface area (Å²) in [6, 6.07) is -0.508. The first-order valence-electron chi connectivity index (χ1n) is 4.14. The van der Waals surface area contributed by atoms with Gasteiger partial charge >= 0.3 is 11.9 Å². The van der Waals surface area contributed by atoms with E-state index in [2.05, 4.69) is 10.1 Å². The molecule has 0 saturated heterocycles. The van der Waals surface area contributed by atoms with Gasteiger partial charge in [0.1, 0.15) is 6.04 Å². The molecule has 0 unspecified atom stereocenters. The molecule has 0 spiro atoms. The molecule has 0 rings (SSSR count). The molecule has 0 fully saturated rings. The van der Waals surface area contributed by atoms with Crippen LogP contribution in [0.2, 0.25) is 0 Å². The SMILES string of the molecule is CCC[C@@H](NCC(=O)O)C(=O)OC. The van der Waals surface area contributed by atoms with Crippen molar-refractivity contribution in [2.45, 2.75) is 25.8 Å². The predicted molar refractivity (Wildman–Crippen MR) is 46.4 cm³/mol. The fourth-order valence-electron chi connectivity index (χ4n) is 0.945. The minimum absolute atomic E-state index is 0.222. The molecule has 76 valence electrons. The smallest absolute Gasteiger partial charge is 0.322 e. The number of ether oxygens (including phenoxy) is 1.